The zero-order chi connectivity index (χ0) is 10.5. The van der Waals surface area contributed by atoms with Crippen molar-refractivity contribution in [2.24, 2.45) is 0 Å². The summed E-state index contributed by atoms with van der Waals surface area (Å²) in [6.07, 6.45) is 11.3. The molecule has 0 fully saturated rings. The van der Waals surface area contributed by atoms with Crippen LogP contribution in [0.3, 0.4) is 0 Å². The van der Waals surface area contributed by atoms with E-state index in [0.29, 0.717) is 3.72 Å². The molecule has 0 aromatic carbocycles. The van der Waals surface area contributed by atoms with Crippen LogP contribution in [0.4, 0.5) is 0 Å². The molecule has 1 heteroatoms. The van der Waals surface area contributed by atoms with Crippen LogP contribution in [0.1, 0.15) is 58.3 Å². The first-order chi connectivity index (χ1) is 7.21. The van der Waals surface area contributed by atoms with E-state index in [1.807, 2.05) is 11.1 Å². The molecule has 0 heterocycles. The number of hydrogen-bond donors (Lipinski definition) is 0. The third-order valence-corrected chi connectivity index (χ3v) is 5.45. The minimum absolute atomic E-state index is 0.436. The Kier molecular flexibility index (Phi) is 2.49. The summed E-state index contributed by atoms with van der Waals surface area (Å²) in [5, 5.41) is 0. The molecule has 0 nitrogen and oxygen atoms in total. The molecule has 0 saturated carbocycles. The Morgan fingerprint density at radius 3 is 1.67 bits per heavy atom. The van der Waals surface area contributed by atoms with Crippen LogP contribution in [0.5, 0.6) is 0 Å². The van der Waals surface area contributed by atoms with Gasteiger partial charge in [-0.15, -0.1) is 0 Å². The summed E-state index contributed by atoms with van der Waals surface area (Å²) in [6, 6.07) is 0. The molecule has 0 aliphatic heterocycles. The fourth-order valence-corrected chi connectivity index (χ4v) is 4.62. The Morgan fingerprint density at radius 1 is 0.800 bits per heavy atom. The van der Waals surface area contributed by atoms with E-state index in [1.165, 1.54) is 51.4 Å². The van der Waals surface area contributed by atoms with Crippen molar-refractivity contribution in [2.45, 2.75) is 62.0 Å². The molecule has 0 N–H and O–H groups in total. The van der Waals surface area contributed by atoms with Crippen molar-refractivity contribution in [3.63, 3.8) is 0 Å². The summed E-state index contributed by atoms with van der Waals surface area (Å²) < 4.78 is 0.436. The standard InChI is InChI=1S/C14H19.Ti/c1-10-11-6-2-4-8-13(11)14-9-5-3-7-12(10)14;/h2-9H2,1H3;. The first-order valence-electron chi connectivity index (χ1n) is 6.41. The van der Waals surface area contributed by atoms with Gasteiger partial charge in [0.05, 0.1) is 0 Å². The maximum absolute atomic E-state index is 2.47. The number of rotatable bonds is 0. The topological polar surface area (TPSA) is 0 Å². The van der Waals surface area contributed by atoms with Crippen LogP contribution >= 0.6 is 0 Å². The van der Waals surface area contributed by atoms with Gasteiger partial charge >= 0.3 is 105 Å². The van der Waals surface area contributed by atoms with Crippen molar-refractivity contribution in [3.8, 4) is 0 Å². The summed E-state index contributed by atoms with van der Waals surface area (Å²) in [6.45, 7) is 2.47. The predicted octanol–water partition coefficient (Wildman–Crippen LogP) is 4.47. The van der Waals surface area contributed by atoms with E-state index in [4.69, 9.17) is 0 Å². The van der Waals surface area contributed by atoms with Gasteiger partial charge in [0.2, 0.25) is 0 Å². The van der Waals surface area contributed by atoms with E-state index >= 15 is 0 Å². The number of allylic oxidation sites excluding steroid dienone is 4. The number of hydrogen-bond acceptors (Lipinski definition) is 0. The van der Waals surface area contributed by atoms with Gasteiger partial charge in [-0.05, 0) is 0 Å². The Hall–Kier alpha value is 0.194. The second kappa shape index (κ2) is 3.60. The van der Waals surface area contributed by atoms with Crippen molar-refractivity contribution < 1.29 is 20.4 Å². The second-order valence-electron chi connectivity index (χ2n) is 5.45. The molecule has 3 rings (SSSR count). The van der Waals surface area contributed by atoms with Crippen LogP contribution < -0.4 is 0 Å². The predicted molar refractivity (Wildman–Crippen MR) is 59.4 cm³/mol. The van der Waals surface area contributed by atoms with E-state index in [9.17, 15) is 0 Å². The Morgan fingerprint density at radius 2 is 1.20 bits per heavy atom. The van der Waals surface area contributed by atoms with E-state index < -0.39 is 0 Å². The summed E-state index contributed by atoms with van der Waals surface area (Å²) in [5.41, 5.74) is 7.25. The fourth-order valence-electron chi connectivity index (χ4n) is 3.76. The average Bonchev–Trinajstić information content (AvgIpc) is 2.51. The zero-order valence-corrected chi connectivity index (χ0v) is 11.2. The van der Waals surface area contributed by atoms with E-state index in [1.54, 1.807) is 11.1 Å². The molecule has 0 bridgehead atoms. The van der Waals surface area contributed by atoms with Gasteiger partial charge in [0.1, 0.15) is 0 Å². The summed E-state index contributed by atoms with van der Waals surface area (Å²) >= 11 is 2.47. The summed E-state index contributed by atoms with van der Waals surface area (Å²) in [7, 11) is 0. The van der Waals surface area contributed by atoms with Crippen molar-refractivity contribution in [2.75, 3.05) is 0 Å². The number of fused-ring (bicyclic) bond motifs is 1. The van der Waals surface area contributed by atoms with Gasteiger partial charge in [0.25, 0.3) is 0 Å². The third-order valence-electron chi connectivity index (χ3n) is 4.51. The monoisotopic (exact) mass is 235 g/mol. The van der Waals surface area contributed by atoms with Gasteiger partial charge in [0, 0.05) is 0 Å². The molecular formula is C14H19Ti. The molecule has 0 aromatic rings. The SMILES string of the molecule is C[C]1([Ti])C2=C(CCCC2)C2=C1CCCC2. The molecular weight excluding hydrogens is 216 g/mol. The van der Waals surface area contributed by atoms with Gasteiger partial charge < -0.3 is 0 Å². The van der Waals surface area contributed by atoms with Crippen molar-refractivity contribution >= 4 is 0 Å². The molecule has 0 radical (unpaired) electrons. The van der Waals surface area contributed by atoms with Crippen molar-refractivity contribution in [1.29, 1.82) is 0 Å². The molecule has 79 valence electrons. The maximum atomic E-state index is 2.47. The molecule has 15 heavy (non-hydrogen) atoms. The zero-order valence-electron chi connectivity index (χ0n) is 9.66. The third kappa shape index (κ3) is 1.45. The quantitative estimate of drug-likeness (QED) is 0.543. The second-order valence-corrected chi connectivity index (χ2v) is 7.01. The van der Waals surface area contributed by atoms with Crippen LogP contribution in [-0.2, 0) is 20.4 Å². The van der Waals surface area contributed by atoms with Gasteiger partial charge in [-0.3, -0.25) is 0 Å². The molecule has 3 aliphatic rings. The molecule has 0 unspecified atom stereocenters. The van der Waals surface area contributed by atoms with Crippen LogP contribution in [0.15, 0.2) is 22.3 Å². The normalized spacial score (nSPS) is 29.1. The van der Waals surface area contributed by atoms with Crippen LogP contribution in [-0.4, -0.2) is 0 Å². The fraction of sp³-hybridized carbons (Fsp3) is 0.714. The average molecular weight is 235 g/mol. The van der Waals surface area contributed by atoms with E-state index in [2.05, 4.69) is 27.4 Å². The summed E-state index contributed by atoms with van der Waals surface area (Å²) in [5.74, 6) is 0. The van der Waals surface area contributed by atoms with Crippen LogP contribution in [0.25, 0.3) is 0 Å². The van der Waals surface area contributed by atoms with Crippen molar-refractivity contribution in [1.82, 2.24) is 0 Å². The Balaban J connectivity index is 2.10. The molecule has 0 saturated heterocycles. The first kappa shape index (κ1) is 10.4. The Labute approximate surface area is 105 Å². The van der Waals surface area contributed by atoms with Crippen molar-refractivity contribution in [3.05, 3.63) is 22.3 Å². The minimum atomic E-state index is 0.436. The molecule has 0 aromatic heterocycles. The van der Waals surface area contributed by atoms with Crippen LogP contribution in [0.2, 0.25) is 3.72 Å². The van der Waals surface area contributed by atoms with Gasteiger partial charge in [-0.1, -0.05) is 0 Å². The van der Waals surface area contributed by atoms with Gasteiger partial charge in [-0.2, -0.15) is 0 Å². The molecule has 3 aliphatic carbocycles. The summed E-state index contributed by atoms with van der Waals surface area (Å²) in [4.78, 5) is 0. The van der Waals surface area contributed by atoms with E-state index in [-0.39, 0.29) is 0 Å². The van der Waals surface area contributed by atoms with Gasteiger partial charge in [-0.25, -0.2) is 0 Å². The molecule has 0 spiro atoms. The van der Waals surface area contributed by atoms with Crippen LogP contribution in [0, 0.1) is 0 Å². The van der Waals surface area contributed by atoms with Gasteiger partial charge in [0.15, 0.2) is 0 Å². The molecule has 0 amide bonds. The first-order valence-corrected chi connectivity index (χ1v) is 7.19. The molecule has 0 atom stereocenters. The Bertz CT molecular complexity index is 324. The van der Waals surface area contributed by atoms with E-state index in [0.717, 1.165) is 0 Å².